The highest BCUT2D eigenvalue weighted by atomic mass is 32.2. The molecule has 0 aliphatic carbocycles. The highest BCUT2D eigenvalue weighted by molar-refractivity contribution is 8.13. The number of aliphatic hydroxyl groups is 3. The van der Waals surface area contributed by atoms with Crippen LogP contribution in [0.15, 0.2) is 47.4 Å². The Morgan fingerprint density at radius 3 is 2.64 bits per heavy atom. The minimum Gasteiger partial charge on any atom is -0.395 e. The van der Waals surface area contributed by atoms with Crippen molar-refractivity contribution in [2.24, 2.45) is 5.41 Å². The summed E-state index contributed by atoms with van der Waals surface area (Å²) in [6, 6.07) is 10.4. The van der Waals surface area contributed by atoms with E-state index in [1.165, 1.54) is 19.2 Å². The molecular formula is C24H35N4O9PS. The number of aromatic nitrogens is 2. The summed E-state index contributed by atoms with van der Waals surface area (Å²) in [5.74, 6) is 0.131. The summed E-state index contributed by atoms with van der Waals surface area (Å²) in [4.78, 5) is 28.2. The fourth-order valence-corrected chi connectivity index (χ4v) is 5.86. The molecule has 0 radical (unpaired) electrons. The Morgan fingerprint density at radius 2 is 2.00 bits per heavy atom. The number of hydrogen-bond donors (Lipinski definition) is 5. The minimum atomic E-state index is -4.02. The molecule has 1 aromatic carbocycles. The van der Waals surface area contributed by atoms with Crippen LogP contribution < -0.4 is 16.5 Å². The number of nitrogens with one attached hydrogen (secondary N) is 1. The Morgan fingerprint density at radius 1 is 1.31 bits per heavy atom. The topological polar surface area (TPSA) is 195 Å². The monoisotopic (exact) mass is 586 g/mol. The van der Waals surface area contributed by atoms with Crippen molar-refractivity contribution in [3.8, 4) is 0 Å². The van der Waals surface area contributed by atoms with Gasteiger partial charge in [-0.25, -0.2) is 14.4 Å². The number of thioether (sulfide) groups is 1. The van der Waals surface area contributed by atoms with Gasteiger partial charge in [-0.15, -0.1) is 0 Å². The summed E-state index contributed by atoms with van der Waals surface area (Å²) >= 11 is 0.934. The number of carbonyl (C=O) groups excluding carboxylic acids is 1. The highest BCUT2D eigenvalue weighted by Gasteiger charge is 2.54. The van der Waals surface area contributed by atoms with Crippen LogP contribution in [0, 0.1) is 5.41 Å². The van der Waals surface area contributed by atoms with Crippen LogP contribution in [0.4, 0.5) is 5.82 Å². The molecule has 1 aliphatic heterocycles. The molecule has 1 saturated heterocycles. The molecule has 3 unspecified atom stereocenters. The molecule has 0 bridgehead atoms. The zero-order chi connectivity index (χ0) is 28.8. The molecule has 2 aromatic rings. The molecule has 1 aliphatic rings. The van der Waals surface area contributed by atoms with E-state index in [-0.39, 0.29) is 36.4 Å². The van der Waals surface area contributed by atoms with E-state index in [1.807, 2.05) is 30.3 Å². The lowest BCUT2D eigenvalue weighted by Crippen LogP contribution is -2.46. The van der Waals surface area contributed by atoms with E-state index in [2.05, 4.69) is 10.1 Å². The molecule has 5 atom stereocenters. The number of aliphatic hydroxyl groups excluding tert-OH is 2. The number of ether oxygens (including phenoxy) is 1. The van der Waals surface area contributed by atoms with Gasteiger partial charge >= 0.3 is 13.4 Å². The first-order chi connectivity index (χ1) is 18.3. The predicted octanol–water partition coefficient (Wildman–Crippen LogP) is 1.04. The molecule has 0 saturated carbocycles. The van der Waals surface area contributed by atoms with Gasteiger partial charge in [0.25, 0.3) is 0 Å². The molecule has 3 rings (SSSR count). The Kier molecular flexibility index (Phi) is 10.5. The first-order valence-electron chi connectivity index (χ1n) is 12.2. The Hall–Kier alpha value is -2.13. The van der Waals surface area contributed by atoms with Crippen molar-refractivity contribution in [1.82, 2.24) is 14.6 Å². The van der Waals surface area contributed by atoms with Crippen LogP contribution in [0.1, 0.15) is 32.6 Å². The third-order valence-electron chi connectivity index (χ3n) is 6.11. The molecule has 39 heavy (non-hydrogen) atoms. The van der Waals surface area contributed by atoms with Crippen molar-refractivity contribution in [1.29, 1.82) is 0 Å². The van der Waals surface area contributed by atoms with Crippen LogP contribution >= 0.6 is 19.5 Å². The fourth-order valence-electron chi connectivity index (χ4n) is 3.62. The molecule has 1 fully saturated rings. The van der Waals surface area contributed by atoms with E-state index >= 15 is 0 Å². The second kappa shape index (κ2) is 13.0. The molecule has 1 aromatic heterocycles. The molecule has 216 valence electrons. The lowest BCUT2D eigenvalue weighted by atomic mass is 9.96. The van der Waals surface area contributed by atoms with Crippen LogP contribution in [0.25, 0.3) is 0 Å². The van der Waals surface area contributed by atoms with Gasteiger partial charge in [0.1, 0.15) is 23.6 Å². The normalized spacial score (nSPS) is 24.9. The van der Waals surface area contributed by atoms with Gasteiger partial charge in [0.05, 0.1) is 25.2 Å². The van der Waals surface area contributed by atoms with E-state index < -0.39 is 49.5 Å². The van der Waals surface area contributed by atoms with Crippen molar-refractivity contribution < 1.29 is 38.5 Å². The summed E-state index contributed by atoms with van der Waals surface area (Å²) in [6.07, 6.45) is -2.75. The van der Waals surface area contributed by atoms with Crippen molar-refractivity contribution in [3.05, 3.63) is 58.6 Å². The Bertz CT molecular complexity index is 1230. The second-order valence-electron chi connectivity index (χ2n) is 9.86. The summed E-state index contributed by atoms with van der Waals surface area (Å²) in [5.41, 5.74) is 2.69. The van der Waals surface area contributed by atoms with E-state index in [0.717, 1.165) is 21.9 Å². The van der Waals surface area contributed by atoms with Crippen molar-refractivity contribution in [3.63, 3.8) is 0 Å². The van der Waals surface area contributed by atoms with Gasteiger partial charge in [0, 0.05) is 18.5 Å². The Balaban J connectivity index is 1.68. The van der Waals surface area contributed by atoms with Gasteiger partial charge in [0.15, 0.2) is 11.3 Å². The zero-order valence-corrected chi connectivity index (χ0v) is 23.6. The smallest absolute Gasteiger partial charge is 0.395 e. The third kappa shape index (κ3) is 7.97. The predicted molar refractivity (Wildman–Crippen MR) is 145 cm³/mol. The minimum absolute atomic E-state index is 0.0170. The highest BCUT2D eigenvalue weighted by Crippen LogP contribution is 2.46. The van der Waals surface area contributed by atoms with Gasteiger partial charge in [-0.3, -0.25) is 18.4 Å². The summed E-state index contributed by atoms with van der Waals surface area (Å²) < 4.78 is 31.5. The number of hydrogen-bond acceptors (Lipinski definition) is 12. The lowest BCUT2D eigenvalue weighted by Gasteiger charge is -2.27. The number of nitrogens with zero attached hydrogens (tertiary/aromatic N) is 2. The van der Waals surface area contributed by atoms with Crippen LogP contribution in [0.2, 0.25) is 0 Å². The SMILES string of the molecule is CC(C)(CO)C(=O)SCCOP(=O)(NCc1ccccc1)OC[C@H]1OC(n2ccc(N)nc2=O)C(C)(O)[C@H]1O. The van der Waals surface area contributed by atoms with Crippen molar-refractivity contribution in [2.45, 2.75) is 51.4 Å². The van der Waals surface area contributed by atoms with Crippen LogP contribution in [-0.4, -0.2) is 73.4 Å². The van der Waals surface area contributed by atoms with E-state index in [4.69, 9.17) is 19.5 Å². The molecule has 15 heteroatoms. The molecule has 6 N–H and O–H groups in total. The summed E-state index contributed by atoms with van der Waals surface area (Å²) in [6.45, 7) is 3.74. The molecule has 0 amide bonds. The van der Waals surface area contributed by atoms with E-state index in [1.54, 1.807) is 13.8 Å². The number of nitrogen functional groups attached to an aromatic ring is 1. The Labute approximate surface area is 230 Å². The lowest BCUT2D eigenvalue weighted by molar-refractivity contribution is -0.119. The quantitative estimate of drug-likeness (QED) is 0.165. The van der Waals surface area contributed by atoms with Crippen LogP contribution in [-0.2, 0) is 29.7 Å². The standard InChI is InChI=1S/C24H35N4O9PS/c1-23(2,15-29)21(31)39-12-11-35-38(34,26-13-16-7-5-4-6-8-16)36-14-17-19(30)24(3,33)20(37-17)28-10-9-18(25)27-22(28)32/h4-10,17,19-20,29-30,33H,11-15H2,1-3H3,(H,26,34)(H2,25,27,32)/t17-,19+,20?,24?,38?/m1/s1. The van der Waals surface area contributed by atoms with Crippen LogP contribution in [0.5, 0.6) is 0 Å². The van der Waals surface area contributed by atoms with E-state index in [9.17, 15) is 29.5 Å². The number of nitrogens with two attached hydrogens (primary N) is 1. The largest absolute Gasteiger partial charge is 0.405 e. The fraction of sp³-hybridized carbons (Fsp3) is 0.542. The van der Waals surface area contributed by atoms with Gasteiger partial charge < -0.3 is 25.8 Å². The number of rotatable bonds is 13. The first-order valence-corrected chi connectivity index (χ1v) is 14.7. The van der Waals surface area contributed by atoms with Gasteiger partial charge in [0.2, 0.25) is 0 Å². The maximum absolute atomic E-state index is 13.6. The maximum Gasteiger partial charge on any atom is 0.405 e. The summed E-state index contributed by atoms with van der Waals surface area (Å²) in [5, 5.41) is 33.5. The van der Waals surface area contributed by atoms with E-state index in [0.29, 0.717) is 0 Å². The average Bonchev–Trinajstić information content (AvgIpc) is 3.13. The first kappa shape index (κ1) is 31.4. The van der Waals surface area contributed by atoms with Crippen molar-refractivity contribution >= 4 is 30.4 Å². The number of carbonyl (C=O) groups is 1. The second-order valence-corrected chi connectivity index (χ2v) is 12.8. The number of benzene rings is 1. The average molecular weight is 587 g/mol. The van der Waals surface area contributed by atoms with Gasteiger partial charge in [-0.05, 0) is 32.4 Å². The molecular weight excluding hydrogens is 551 g/mol. The van der Waals surface area contributed by atoms with Crippen molar-refractivity contribution in [2.75, 3.05) is 31.3 Å². The van der Waals surface area contributed by atoms with Crippen LogP contribution in [0.3, 0.4) is 0 Å². The zero-order valence-electron chi connectivity index (χ0n) is 21.9. The molecule has 13 nitrogen and oxygen atoms in total. The third-order valence-corrected chi connectivity index (χ3v) is 8.86. The van der Waals surface area contributed by atoms with Gasteiger partial charge in [-0.2, -0.15) is 4.98 Å². The van der Waals surface area contributed by atoms with Gasteiger partial charge in [-0.1, -0.05) is 42.1 Å². The summed E-state index contributed by atoms with van der Waals surface area (Å²) in [7, 11) is -4.02. The number of anilines is 1. The maximum atomic E-state index is 13.6. The molecule has 0 spiro atoms. The molecule has 2 heterocycles.